The first-order valence-corrected chi connectivity index (χ1v) is 8.36. The van der Waals surface area contributed by atoms with Crippen molar-refractivity contribution in [2.24, 2.45) is 11.8 Å². The van der Waals surface area contributed by atoms with Crippen LogP contribution in [0.15, 0.2) is 30.3 Å². The van der Waals surface area contributed by atoms with Crippen LogP contribution in [0.3, 0.4) is 0 Å². The molecule has 0 heterocycles. The summed E-state index contributed by atoms with van der Waals surface area (Å²) >= 11 is 0. The van der Waals surface area contributed by atoms with Gasteiger partial charge >= 0.3 is 0 Å². The molecule has 1 aromatic carbocycles. The van der Waals surface area contributed by atoms with Crippen LogP contribution in [0.5, 0.6) is 0 Å². The van der Waals surface area contributed by atoms with Crippen molar-refractivity contribution in [2.75, 3.05) is 26.2 Å². The topological polar surface area (TPSA) is 15.3 Å². The summed E-state index contributed by atoms with van der Waals surface area (Å²) in [5.41, 5.74) is 1.44. The lowest BCUT2D eigenvalue weighted by Gasteiger charge is -2.28. The van der Waals surface area contributed by atoms with Crippen LogP contribution < -0.4 is 5.32 Å². The van der Waals surface area contributed by atoms with Crippen LogP contribution in [-0.4, -0.2) is 31.1 Å². The van der Waals surface area contributed by atoms with Gasteiger partial charge in [0, 0.05) is 25.7 Å². The molecule has 2 aliphatic rings. The standard InChI is InChI=1S/C18H28N2/c1-2-19-18(17-6-4-3-5-7-17)14-20(12-15-8-9-15)13-16-10-11-16/h3-7,15-16,18-19H,2,8-14H2,1H3. The minimum Gasteiger partial charge on any atom is -0.309 e. The molecule has 2 aliphatic carbocycles. The predicted molar refractivity (Wildman–Crippen MR) is 84.7 cm³/mol. The van der Waals surface area contributed by atoms with Crippen LogP contribution >= 0.6 is 0 Å². The van der Waals surface area contributed by atoms with Crippen LogP contribution in [0.2, 0.25) is 0 Å². The third-order valence-electron chi connectivity index (χ3n) is 4.52. The molecule has 2 heteroatoms. The van der Waals surface area contributed by atoms with Gasteiger partial charge in [-0.1, -0.05) is 37.3 Å². The zero-order chi connectivity index (χ0) is 13.8. The van der Waals surface area contributed by atoms with E-state index in [0.717, 1.165) is 18.4 Å². The first-order valence-electron chi connectivity index (χ1n) is 8.36. The fourth-order valence-electron chi connectivity index (χ4n) is 3.03. The highest BCUT2D eigenvalue weighted by Crippen LogP contribution is 2.34. The molecule has 2 nitrogen and oxygen atoms in total. The Morgan fingerprint density at radius 3 is 2.15 bits per heavy atom. The van der Waals surface area contributed by atoms with E-state index < -0.39 is 0 Å². The van der Waals surface area contributed by atoms with Crippen LogP contribution in [0.1, 0.15) is 44.2 Å². The van der Waals surface area contributed by atoms with Gasteiger partial charge in [-0.05, 0) is 49.6 Å². The number of nitrogens with one attached hydrogen (secondary N) is 1. The van der Waals surface area contributed by atoms with Crippen molar-refractivity contribution in [1.29, 1.82) is 0 Å². The van der Waals surface area contributed by atoms with Gasteiger partial charge in [0.2, 0.25) is 0 Å². The molecule has 0 aromatic heterocycles. The quantitative estimate of drug-likeness (QED) is 0.740. The van der Waals surface area contributed by atoms with E-state index >= 15 is 0 Å². The van der Waals surface area contributed by atoms with Crippen molar-refractivity contribution in [2.45, 2.75) is 38.6 Å². The van der Waals surface area contributed by atoms with Gasteiger partial charge < -0.3 is 10.2 Å². The Balaban J connectivity index is 1.62. The maximum absolute atomic E-state index is 3.68. The Labute approximate surface area is 123 Å². The van der Waals surface area contributed by atoms with Gasteiger partial charge in [0.25, 0.3) is 0 Å². The highest BCUT2D eigenvalue weighted by Gasteiger charge is 2.30. The van der Waals surface area contributed by atoms with E-state index in [2.05, 4.69) is 47.5 Å². The third kappa shape index (κ3) is 4.32. The number of likely N-dealkylation sites (N-methyl/N-ethyl adjacent to an activating group) is 1. The summed E-state index contributed by atoms with van der Waals surface area (Å²) in [6.07, 6.45) is 5.83. The lowest BCUT2D eigenvalue weighted by Crippen LogP contribution is -2.37. The van der Waals surface area contributed by atoms with Gasteiger partial charge in [-0.2, -0.15) is 0 Å². The summed E-state index contributed by atoms with van der Waals surface area (Å²) in [5.74, 6) is 1.98. The minimum atomic E-state index is 0.485. The second kappa shape index (κ2) is 6.73. The maximum atomic E-state index is 3.68. The first kappa shape index (κ1) is 14.1. The Morgan fingerprint density at radius 1 is 1.05 bits per heavy atom. The molecule has 110 valence electrons. The fraction of sp³-hybridized carbons (Fsp3) is 0.667. The Morgan fingerprint density at radius 2 is 1.65 bits per heavy atom. The van der Waals surface area contributed by atoms with Crippen LogP contribution in [0.25, 0.3) is 0 Å². The smallest absolute Gasteiger partial charge is 0.0449 e. The van der Waals surface area contributed by atoms with Crippen molar-refractivity contribution in [3.63, 3.8) is 0 Å². The summed E-state index contributed by atoms with van der Waals surface area (Å²) in [4.78, 5) is 2.73. The normalized spacial score (nSPS) is 20.3. The lowest BCUT2D eigenvalue weighted by atomic mass is 10.1. The minimum absolute atomic E-state index is 0.485. The van der Waals surface area contributed by atoms with Crippen LogP contribution in [0, 0.1) is 11.8 Å². The maximum Gasteiger partial charge on any atom is 0.0449 e. The molecular weight excluding hydrogens is 244 g/mol. The largest absolute Gasteiger partial charge is 0.309 e. The molecule has 0 radical (unpaired) electrons. The molecule has 20 heavy (non-hydrogen) atoms. The molecular formula is C18H28N2. The summed E-state index contributed by atoms with van der Waals surface area (Å²) in [6.45, 7) is 7.07. The molecule has 0 spiro atoms. The summed E-state index contributed by atoms with van der Waals surface area (Å²) in [7, 11) is 0. The van der Waals surface area contributed by atoms with E-state index in [0.29, 0.717) is 6.04 Å². The Bertz CT molecular complexity index is 381. The molecule has 1 atom stereocenters. The lowest BCUT2D eigenvalue weighted by molar-refractivity contribution is 0.225. The Kier molecular flexibility index (Phi) is 4.74. The van der Waals surface area contributed by atoms with Crippen molar-refractivity contribution < 1.29 is 0 Å². The molecule has 0 amide bonds. The monoisotopic (exact) mass is 272 g/mol. The zero-order valence-electron chi connectivity index (χ0n) is 12.7. The van der Waals surface area contributed by atoms with E-state index in [-0.39, 0.29) is 0 Å². The average Bonchev–Trinajstić information content (AvgIpc) is 3.36. The Hall–Kier alpha value is -0.860. The molecule has 0 bridgehead atoms. The highest BCUT2D eigenvalue weighted by atomic mass is 15.2. The molecule has 2 fully saturated rings. The van der Waals surface area contributed by atoms with E-state index in [1.807, 2.05) is 0 Å². The van der Waals surface area contributed by atoms with E-state index in [1.165, 1.54) is 50.9 Å². The number of hydrogen-bond acceptors (Lipinski definition) is 2. The van der Waals surface area contributed by atoms with Crippen molar-refractivity contribution in [3.05, 3.63) is 35.9 Å². The van der Waals surface area contributed by atoms with E-state index in [1.54, 1.807) is 0 Å². The van der Waals surface area contributed by atoms with Gasteiger partial charge in [-0.15, -0.1) is 0 Å². The fourth-order valence-corrected chi connectivity index (χ4v) is 3.03. The number of rotatable bonds is 9. The number of nitrogens with zero attached hydrogens (tertiary/aromatic N) is 1. The zero-order valence-corrected chi connectivity index (χ0v) is 12.7. The summed E-state index contributed by atoms with van der Waals surface area (Å²) in [6, 6.07) is 11.4. The highest BCUT2D eigenvalue weighted by molar-refractivity contribution is 5.19. The van der Waals surface area contributed by atoms with Gasteiger partial charge in [0.05, 0.1) is 0 Å². The number of benzene rings is 1. The average molecular weight is 272 g/mol. The van der Waals surface area contributed by atoms with Gasteiger partial charge in [-0.25, -0.2) is 0 Å². The van der Waals surface area contributed by atoms with Gasteiger partial charge in [0.1, 0.15) is 0 Å². The van der Waals surface area contributed by atoms with Crippen LogP contribution in [0.4, 0.5) is 0 Å². The third-order valence-corrected chi connectivity index (χ3v) is 4.52. The first-order chi connectivity index (χ1) is 9.85. The molecule has 2 saturated carbocycles. The van der Waals surface area contributed by atoms with Gasteiger partial charge in [0.15, 0.2) is 0 Å². The molecule has 3 rings (SSSR count). The summed E-state index contributed by atoms with van der Waals surface area (Å²) < 4.78 is 0. The molecule has 1 unspecified atom stereocenters. The molecule has 0 saturated heterocycles. The second-order valence-corrected chi connectivity index (χ2v) is 6.63. The predicted octanol–water partition coefficient (Wildman–Crippen LogP) is 3.46. The summed E-state index contributed by atoms with van der Waals surface area (Å²) in [5, 5.41) is 3.68. The number of hydrogen-bond donors (Lipinski definition) is 1. The van der Waals surface area contributed by atoms with Crippen molar-refractivity contribution in [1.82, 2.24) is 10.2 Å². The molecule has 1 N–H and O–H groups in total. The SMILES string of the molecule is CCNC(CN(CC1CC1)CC1CC1)c1ccccc1. The second-order valence-electron chi connectivity index (χ2n) is 6.63. The van der Waals surface area contributed by atoms with Crippen LogP contribution in [-0.2, 0) is 0 Å². The van der Waals surface area contributed by atoms with Crippen molar-refractivity contribution in [3.8, 4) is 0 Å². The van der Waals surface area contributed by atoms with Gasteiger partial charge in [-0.3, -0.25) is 0 Å². The van der Waals surface area contributed by atoms with E-state index in [4.69, 9.17) is 0 Å². The molecule has 0 aliphatic heterocycles. The molecule has 1 aromatic rings. The van der Waals surface area contributed by atoms with E-state index in [9.17, 15) is 0 Å². The van der Waals surface area contributed by atoms with Crippen molar-refractivity contribution >= 4 is 0 Å².